The lowest BCUT2D eigenvalue weighted by Crippen LogP contribution is -2.42. The molecule has 0 radical (unpaired) electrons. The number of nitrogens with one attached hydrogen (secondary N) is 1. The van der Waals surface area contributed by atoms with E-state index in [1.807, 2.05) is 13.0 Å². The molecule has 0 saturated carbocycles. The lowest BCUT2D eigenvalue weighted by atomic mass is 9.91. The Morgan fingerprint density at radius 2 is 1.59 bits per heavy atom. The van der Waals surface area contributed by atoms with Gasteiger partial charge in [0.1, 0.15) is 16.2 Å². The highest BCUT2D eigenvalue weighted by atomic mass is 32.2. The number of para-hydroxylation sites is 1. The molecule has 148 valence electrons. The molecule has 1 atom stereocenters. The Morgan fingerprint density at radius 3 is 2.15 bits per heavy atom. The van der Waals surface area contributed by atoms with Crippen molar-refractivity contribution in [3.05, 3.63) is 60.2 Å². The largest absolute Gasteiger partial charge is 0.573 e. The van der Waals surface area contributed by atoms with Crippen LogP contribution in [0.4, 0.5) is 13.2 Å². The number of sulfonamides is 1. The molecule has 0 bridgehead atoms. The highest BCUT2D eigenvalue weighted by molar-refractivity contribution is 7.89. The van der Waals surface area contributed by atoms with Gasteiger partial charge in [-0.2, -0.15) is 0 Å². The van der Waals surface area contributed by atoms with Crippen LogP contribution in [0, 0.1) is 0 Å². The maximum atomic E-state index is 12.6. The summed E-state index contributed by atoms with van der Waals surface area (Å²) in [5.74, 6) is -0.795. The summed E-state index contributed by atoms with van der Waals surface area (Å²) in [6, 6.07) is 13.6. The van der Waals surface area contributed by atoms with Gasteiger partial charge in [-0.1, -0.05) is 49.4 Å². The van der Waals surface area contributed by atoms with Gasteiger partial charge in [-0.3, -0.25) is 0 Å². The number of halogens is 3. The number of hydrogen-bond donors (Lipinski definition) is 1. The first kappa shape index (κ1) is 21.2. The molecule has 0 heterocycles. The lowest BCUT2D eigenvalue weighted by molar-refractivity contribution is -0.275. The quantitative estimate of drug-likeness (QED) is 0.728. The number of benzene rings is 2. The maximum absolute atomic E-state index is 12.6. The minimum absolute atomic E-state index is 0.160. The Kier molecular flexibility index (Phi) is 6.50. The molecule has 0 aliphatic carbocycles. The molecule has 0 saturated heterocycles. The Hall–Kier alpha value is -2.10. The first-order valence-electron chi connectivity index (χ1n) is 8.08. The van der Waals surface area contributed by atoms with Crippen LogP contribution in [0.25, 0.3) is 0 Å². The second-order valence-electron chi connectivity index (χ2n) is 5.74. The van der Waals surface area contributed by atoms with E-state index < -0.39 is 32.6 Å². The summed E-state index contributed by atoms with van der Waals surface area (Å²) in [6.45, 7) is 1.66. The number of ether oxygens (including phenoxy) is 2. The summed E-state index contributed by atoms with van der Waals surface area (Å²) >= 11 is 0. The fourth-order valence-electron chi connectivity index (χ4n) is 2.68. The van der Waals surface area contributed by atoms with Crippen LogP contribution >= 0.6 is 0 Å². The smallest absolute Gasteiger partial charge is 0.404 e. The molecule has 0 aliphatic heterocycles. The highest BCUT2D eigenvalue weighted by Crippen LogP contribution is 2.31. The fraction of sp³-hybridized carbons (Fsp3) is 0.333. The minimum atomic E-state index is -5.00. The van der Waals surface area contributed by atoms with Crippen molar-refractivity contribution in [2.24, 2.45) is 0 Å². The van der Waals surface area contributed by atoms with Crippen LogP contribution in [0.2, 0.25) is 0 Å². The van der Waals surface area contributed by atoms with Crippen LogP contribution in [0.3, 0.4) is 0 Å². The van der Waals surface area contributed by atoms with Crippen LogP contribution in [-0.4, -0.2) is 28.4 Å². The normalized spacial score (nSPS) is 14.6. The van der Waals surface area contributed by atoms with Crippen molar-refractivity contribution in [2.45, 2.75) is 30.2 Å². The Morgan fingerprint density at radius 1 is 1.00 bits per heavy atom. The predicted molar refractivity (Wildman–Crippen MR) is 93.7 cm³/mol. The molecule has 2 aromatic carbocycles. The van der Waals surface area contributed by atoms with Crippen LogP contribution in [0.1, 0.15) is 18.9 Å². The molecule has 2 rings (SSSR count). The van der Waals surface area contributed by atoms with E-state index in [2.05, 4.69) is 9.46 Å². The van der Waals surface area contributed by atoms with Crippen molar-refractivity contribution in [1.82, 2.24) is 4.72 Å². The van der Waals surface area contributed by atoms with Gasteiger partial charge >= 0.3 is 6.36 Å². The zero-order valence-corrected chi connectivity index (χ0v) is 15.6. The molecular formula is C18H20F3NO4S. The van der Waals surface area contributed by atoms with Gasteiger partial charge in [-0.05, 0) is 24.1 Å². The second kappa shape index (κ2) is 8.28. The molecule has 5 nitrogen and oxygen atoms in total. The molecule has 0 amide bonds. The van der Waals surface area contributed by atoms with Gasteiger partial charge in [0.2, 0.25) is 10.0 Å². The first-order chi connectivity index (χ1) is 12.6. The molecule has 1 unspecified atom stereocenters. The summed E-state index contributed by atoms with van der Waals surface area (Å²) in [7, 11) is -2.83. The Labute approximate surface area is 156 Å². The Balaban J connectivity index is 2.31. The van der Waals surface area contributed by atoms with E-state index >= 15 is 0 Å². The number of methoxy groups -OCH3 is 1. The van der Waals surface area contributed by atoms with E-state index in [0.29, 0.717) is 6.42 Å². The summed E-state index contributed by atoms with van der Waals surface area (Å²) in [4.78, 5) is -0.600. The average molecular weight is 403 g/mol. The zero-order chi connectivity index (χ0) is 20.1. The van der Waals surface area contributed by atoms with Gasteiger partial charge in [0.25, 0.3) is 0 Å². The van der Waals surface area contributed by atoms with Gasteiger partial charge in [-0.15, -0.1) is 13.2 Å². The van der Waals surface area contributed by atoms with Gasteiger partial charge in [0.15, 0.2) is 0 Å². The first-order valence-corrected chi connectivity index (χ1v) is 9.57. The molecule has 1 N–H and O–H groups in total. The van der Waals surface area contributed by atoms with E-state index in [0.717, 1.165) is 17.7 Å². The van der Waals surface area contributed by atoms with E-state index in [1.165, 1.54) is 19.2 Å². The van der Waals surface area contributed by atoms with Crippen molar-refractivity contribution in [2.75, 3.05) is 13.7 Å². The summed E-state index contributed by atoms with van der Waals surface area (Å²) < 4.78 is 74.7. The molecule has 9 heteroatoms. The predicted octanol–water partition coefficient (Wildman–Crippen LogP) is 3.82. The standard InChI is InChI=1S/C18H20F3NO4S/c1-3-17(25-2,14-9-5-4-6-10-14)13-22-27(23,24)16-12-8-7-11-15(16)26-18(19,20)21/h4-12,22H,3,13H2,1-2H3. The van der Waals surface area contributed by atoms with Crippen molar-refractivity contribution >= 4 is 10.0 Å². The minimum Gasteiger partial charge on any atom is -0.404 e. The molecule has 0 fully saturated rings. The monoisotopic (exact) mass is 403 g/mol. The van der Waals surface area contributed by atoms with Crippen LogP contribution in [0.15, 0.2) is 59.5 Å². The van der Waals surface area contributed by atoms with E-state index in [4.69, 9.17) is 4.74 Å². The fourth-order valence-corrected chi connectivity index (χ4v) is 3.89. The molecular weight excluding hydrogens is 383 g/mol. The van der Waals surface area contributed by atoms with Crippen molar-refractivity contribution in [3.8, 4) is 5.75 Å². The maximum Gasteiger partial charge on any atom is 0.573 e. The third-order valence-corrected chi connectivity index (χ3v) is 5.61. The van der Waals surface area contributed by atoms with Crippen molar-refractivity contribution in [1.29, 1.82) is 0 Å². The molecule has 27 heavy (non-hydrogen) atoms. The van der Waals surface area contributed by atoms with E-state index in [-0.39, 0.29) is 6.54 Å². The topological polar surface area (TPSA) is 64.6 Å². The van der Waals surface area contributed by atoms with Gasteiger partial charge in [0.05, 0.1) is 0 Å². The number of alkyl halides is 3. The van der Waals surface area contributed by atoms with Crippen LogP contribution in [-0.2, 0) is 20.4 Å². The van der Waals surface area contributed by atoms with Gasteiger partial charge < -0.3 is 9.47 Å². The second-order valence-corrected chi connectivity index (χ2v) is 7.47. The van der Waals surface area contributed by atoms with E-state index in [9.17, 15) is 21.6 Å². The van der Waals surface area contributed by atoms with Crippen LogP contribution < -0.4 is 9.46 Å². The van der Waals surface area contributed by atoms with Gasteiger partial charge in [-0.25, -0.2) is 13.1 Å². The molecule has 2 aromatic rings. The molecule has 0 aromatic heterocycles. The lowest BCUT2D eigenvalue weighted by Gasteiger charge is -2.32. The molecule has 0 spiro atoms. The van der Waals surface area contributed by atoms with Gasteiger partial charge in [0, 0.05) is 13.7 Å². The summed E-state index contributed by atoms with van der Waals surface area (Å²) in [6.07, 6.45) is -4.56. The highest BCUT2D eigenvalue weighted by Gasteiger charge is 2.36. The van der Waals surface area contributed by atoms with Crippen molar-refractivity contribution in [3.63, 3.8) is 0 Å². The Bertz CT molecular complexity index is 850. The number of rotatable bonds is 8. The third-order valence-electron chi connectivity index (χ3n) is 4.17. The number of hydrogen-bond acceptors (Lipinski definition) is 4. The SMILES string of the molecule is CCC(CNS(=O)(=O)c1ccccc1OC(F)(F)F)(OC)c1ccccc1. The molecule has 0 aliphatic rings. The van der Waals surface area contributed by atoms with E-state index in [1.54, 1.807) is 24.3 Å². The van der Waals surface area contributed by atoms with Crippen molar-refractivity contribution < 1.29 is 31.1 Å². The third kappa shape index (κ3) is 5.21. The van der Waals surface area contributed by atoms with Crippen LogP contribution in [0.5, 0.6) is 5.75 Å². The average Bonchev–Trinajstić information content (AvgIpc) is 2.63. The summed E-state index contributed by atoms with van der Waals surface area (Å²) in [5, 5.41) is 0. The zero-order valence-electron chi connectivity index (χ0n) is 14.8. The summed E-state index contributed by atoms with van der Waals surface area (Å²) in [5.41, 5.74) is -0.216.